The first-order chi connectivity index (χ1) is 10.3. The Morgan fingerprint density at radius 1 is 1.38 bits per heavy atom. The molecule has 1 aliphatic heterocycles. The van der Waals surface area contributed by atoms with Gasteiger partial charge in [0.2, 0.25) is 0 Å². The van der Waals surface area contributed by atoms with Crippen LogP contribution >= 0.6 is 0 Å². The lowest BCUT2D eigenvalue weighted by Crippen LogP contribution is -2.24. The van der Waals surface area contributed by atoms with Crippen molar-refractivity contribution in [3.63, 3.8) is 0 Å². The zero-order chi connectivity index (χ0) is 14.4. The second-order valence-electron chi connectivity index (χ2n) is 5.72. The quantitative estimate of drug-likeness (QED) is 0.765. The van der Waals surface area contributed by atoms with Crippen LogP contribution in [0.2, 0.25) is 0 Å². The van der Waals surface area contributed by atoms with E-state index in [1.807, 2.05) is 10.6 Å². The fourth-order valence-corrected chi connectivity index (χ4v) is 2.76. The normalized spacial score (nSPS) is 29.1. The first-order valence-electron chi connectivity index (χ1n) is 7.28. The van der Waals surface area contributed by atoms with Crippen molar-refractivity contribution >= 4 is 16.9 Å². The minimum absolute atomic E-state index is 0.188. The number of aliphatic hydroxyl groups is 2. The average Bonchev–Trinajstić information content (AvgIpc) is 3.06. The lowest BCUT2D eigenvalue weighted by Gasteiger charge is -2.13. The van der Waals surface area contributed by atoms with Gasteiger partial charge >= 0.3 is 0 Å². The minimum atomic E-state index is -0.662. The van der Waals surface area contributed by atoms with E-state index in [1.54, 1.807) is 12.5 Å². The van der Waals surface area contributed by atoms with E-state index in [4.69, 9.17) is 4.74 Å². The molecule has 2 aliphatic rings. The minimum Gasteiger partial charge on any atom is -0.394 e. The summed E-state index contributed by atoms with van der Waals surface area (Å²) >= 11 is 0. The number of nitrogens with one attached hydrogen (secondary N) is 1. The van der Waals surface area contributed by atoms with Crippen LogP contribution in [0.3, 0.4) is 0 Å². The lowest BCUT2D eigenvalue weighted by molar-refractivity contribution is -0.0432. The van der Waals surface area contributed by atoms with Crippen LogP contribution in [-0.2, 0) is 4.74 Å². The Labute approximate surface area is 121 Å². The van der Waals surface area contributed by atoms with Gasteiger partial charge in [-0.05, 0) is 18.9 Å². The van der Waals surface area contributed by atoms with Gasteiger partial charge in [-0.2, -0.15) is 0 Å². The van der Waals surface area contributed by atoms with Crippen LogP contribution in [-0.4, -0.2) is 49.6 Å². The predicted molar refractivity (Wildman–Crippen MR) is 75.8 cm³/mol. The molecule has 0 aromatic carbocycles. The molecule has 3 heterocycles. The second-order valence-corrected chi connectivity index (χ2v) is 5.72. The number of anilines is 1. The van der Waals surface area contributed by atoms with Gasteiger partial charge in [-0.25, -0.2) is 9.97 Å². The molecule has 3 N–H and O–H groups in total. The summed E-state index contributed by atoms with van der Waals surface area (Å²) in [7, 11) is 0. The number of nitrogens with zero attached hydrogens (tertiary/aromatic N) is 3. The summed E-state index contributed by atoms with van der Waals surface area (Å²) < 4.78 is 7.50. The number of pyridine rings is 1. The molecule has 4 rings (SSSR count). The Morgan fingerprint density at radius 3 is 2.95 bits per heavy atom. The zero-order valence-corrected chi connectivity index (χ0v) is 11.5. The number of hydrogen-bond donors (Lipinski definition) is 3. The highest BCUT2D eigenvalue weighted by Gasteiger charge is 2.35. The first kappa shape index (κ1) is 13.0. The van der Waals surface area contributed by atoms with Gasteiger partial charge < -0.3 is 20.3 Å². The fourth-order valence-electron chi connectivity index (χ4n) is 2.76. The van der Waals surface area contributed by atoms with Crippen LogP contribution in [0.1, 0.15) is 25.5 Å². The van der Waals surface area contributed by atoms with E-state index in [0.29, 0.717) is 12.5 Å². The summed E-state index contributed by atoms with van der Waals surface area (Å²) in [6, 6.07) is 2.47. The molecule has 2 aromatic rings. The Hall–Kier alpha value is -1.70. The van der Waals surface area contributed by atoms with E-state index in [9.17, 15) is 10.2 Å². The van der Waals surface area contributed by atoms with Crippen LogP contribution in [0.15, 0.2) is 18.6 Å². The molecule has 112 valence electrons. The summed E-state index contributed by atoms with van der Waals surface area (Å²) in [5.74, 6) is 0. The van der Waals surface area contributed by atoms with E-state index in [-0.39, 0.29) is 12.8 Å². The van der Waals surface area contributed by atoms with Gasteiger partial charge in [-0.3, -0.25) is 4.57 Å². The summed E-state index contributed by atoms with van der Waals surface area (Å²) in [5.41, 5.74) is 2.53. The van der Waals surface area contributed by atoms with E-state index in [0.717, 1.165) is 16.9 Å². The van der Waals surface area contributed by atoms with Crippen molar-refractivity contribution in [3.05, 3.63) is 18.6 Å². The third kappa shape index (κ3) is 2.27. The molecule has 0 bridgehead atoms. The SMILES string of the molecule is OC[C@H]1O[C@@H](n2cnc3c(NC4CC4)ccnc32)C[C@@H]1O. The van der Waals surface area contributed by atoms with Gasteiger partial charge in [0.05, 0.1) is 24.7 Å². The predicted octanol–water partition coefficient (Wildman–Crippen LogP) is 0.646. The molecule has 2 fully saturated rings. The molecule has 7 heteroatoms. The van der Waals surface area contributed by atoms with Crippen molar-refractivity contribution in [2.45, 2.75) is 43.7 Å². The number of ether oxygens (including phenoxy) is 1. The maximum Gasteiger partial charge on any atom is 0.164 e. The van der Waals surface area contributed by atoms with E-state index in [2.05, 4.69) is 15.3 Å². The van der Waals surface area contributed by atoms with Gasteiger partial charge in [0.1, 0.15) is 17.8 Å². The van der Waals surface area contributed by atoms with Gasteiger partial charge in [-0.1, -0.05) is 0 Å². The molecule has 3 atom stereocenters. The third-order valence-corrected chi connectivity index (χ3v) is 4.09. The summed E-state index contributed by atoms with van der Waals surface area (Å²) in [6.45, 7) is -0.188. The molecule has 0 spiro atoms. The summed E-state index contributed by atoms with van der Waals surface area (Å²) in [5, 5.41) is 22.5. The van der Waals surface area contributed by atoms with Crippen molar-refractivity contribution in [3.8, 4) is 0 Å². The van der Waals surface area contributed by atoms with Crippen molar-refractivity contribution in [1.82, 2.24) is 14.5 Å². The van der Waals surface area contributed by atoms with Gasteiger partial charge in [0.15, 0.2) is 5.65 Å². The number of aliphatic hydroxyl groups excluding tert-OH is 2. The zero-order valence-electron chi connectivity index (χ0n) is 11.5. The molecule has 21 heavy (non-hydrogen) atoms. The van der Waals surface area contributed by atoms with E-state index in [1.165, 1.54) is 12.8 Å². The monoisotopic (exact) mass is 290 g/mol. The van der Waals surface area contributed by atoms with Crippen LogP contribution < -0.4 is 5.32 Å². The Balaban J connectivity index is 1.67. The molecular weight excluding hydrogens is 272 g/mol. The van der Waals surface area contributed by atoms with Gasteiger partial charge in [-0.15, -0.1) is 0 Å². The highest BCUT2D eigenvalue weighted by molar-refractivity contribution is 5.85. The molecule has 0 unspecified atom stereocenters. The van der Waals surface area contributed by atoms with Crippen LogP contribution in [0.25, 0.3) is 11.2 Å². The maximum atomic E-state index is 9.86. The molecular formula is C14H18N4O3. The molecule has 1 saturated heterocycles. The topological polar surface area (TPSA) is 92.4 Å². The standard InChI is InChI=1S/C14H18N4O3/c19-6-11-10(20)5-12(21-11)18-7-16-13-9(17-8-1-2-8)3-4-15-14(13)18/h3-4,7-8,10-12,19-20H,1-2,5-6H2,(H,15,17)/t10-,11+,12+/m0/s1. The lowest BCUT2D eigenvalue weighted by atomic mass is 10.2. The van der Waals surface area contributed by atoms with Crippen LogP contribution in [0.4, 0.5) is 5.69 Å². The van der Waals surface area contributed by atoms with Gasteiger partial charge in [0.25, 0.3) is 0 Å². The van der Waals surface area contributed by atoms with Crippen molar-refractivity contribution in [2.75, 3.05) is 11.9 Å². The number of hydrogen-bond acceptors (Lipinski definition) is 6. The maximum absolute atomic E-state index is 9.86. The van der Waals surface area contributed by atoms with E-state index >= 15 is 0 Å². The fraction of sp³-hybridized carbons (Fsp3) is 0.571. The van der Waals surface area contributed by atoms with Crippen molar-refractivity contribution < 1.29 is 14.9 Å². The van der Waals surface area contributed by atoms with Gasteiger partial charge in [0, 0.05) is 18.7 Å². The summed E-state index contributed by atoms with van der Waals surface area (Å²) in [6.07, 6.45) is 4.71. The van der Waals surface area contributed by atoms with E-state index < -0.39 is 12.2 Å². The Morgan fingerprint density at radius 2 is 2.24 bits per heavy atom. The first-order valence-corrected chi connectivity index (χ1v) is 7.28. The molecule has 2 aromatic heterocycles. The molecule has 7 nitrogen and oxygen atoms in total. The number of fused-ring (bicyclic) bond motifs is 1. The highest BCUT2D eigenvalue weighted by atomic mass is 16.5. The van der Waals surface area contributed by atoms with Crippen molar-refractivity contribution in [1.29, 1.82) is 0 Å². The number of aromatic nitrogens is 3. The van der Waals surface area contributed by atoms with Crippen LogP contribution in [0, 0.1) is 0 Å². The summed E-state index contributed by atoms with van der Waals surface area (Å²) in [4.78, 5) is 8.82. The average molecular weight is 290 g/mol. The van der Waals surface area contributed by atoms with Crippen LogP contribution in [0.5, 0.6) is 0 Å². The molecule has 0 amide bonds. The molecule has 0 radical (unpaired) electrons. The number of imidazole rings is 1. The number of rotatable bonds is 4. The smallest absolute Gasteiger partial charge is 0.164 e. The Kier molecular flexibility index (Phi) is 3.06. The highest BCUT2D eigenvalue weighted by Crippen LogP contribution is 2.33. The molecule has 1 saturated carbocycles. The Bertz CT molecular complexity index is 655. The largest absolute Gasteiger partial charge is 0.394 e. The second kappa shape index (κ2) is 4.94. The third-order valence-electron chi connectivity index (χ3n) is 4.09. The van der Waals surface area contributed by atoms with Crippen molar-refractivity contribution in [2.24, 2.45) is 0 Å². The molecule has 1 aliphatic carbocycles.